The summed E-state index contributed by atoms with van der Waals surface area (Å²) in [6.07, 6.45) is 1.05. The van der Waals surface area contributed by atoms with Crippen molar-refractivity contribution >= 4 is 23.5 Å². The molecule has 3 rings (SSSR count). The molecule has 1 aromatic rings. The van der Waals surface area contributed by atoms with Crippen LogP contribution < -0.4 is 4.90 Å². The minimum Gasteiger partial charge on any atom is -0.480 e. The Morgan fingerprint density at radius 2 is 2.00 bits per heavy atom. The first-order chi connectivity index (χ1) is 11.0. The Hall–Kier alpha value is -2.44. The number of benzene rings is 1. The molecule has 2 aliphatic heterocycles. The van der Waals surface area contributed by atoms with Crippen molar-refractivity contribution in [3.63, 3.8) is 0 Å². The van der Waals surface area contributed by atoms with Crippen LogP contribution in [0.25, 0.3) is 0 Å². The first kappa shape index (κ1) is 15.5. The fourth-order valence-electron chi connectivity index (χ4n) is 3.30. The predicted octanol–water partition coefficient (Wildman–Crippen LogP) is 1.25. The Morgan fingerprint density at radius 3 is 2.70 bits per heavy atom. The highest BCUT2D eigenvalue weighted by molar-refractivity contribution is 6.01. The van der Waals surface area contributed by atoms with Gasteiger partial charge in [-0.15, -0.1) is 0 Å². The van der Waals surface area contributed by atoms with E-state index in [4.69, 9.17) is 0 Å². The number of likely N-dealkylation sites (tertiary alicyclic amines) is 1. The van der Waals surface area contributed by atoms with E-state index in [1.54, 1.807) is 6.07 Å². The number of rotatable bonds is 3. The summed E-state index contributed by atoms with van der Waals surface area (Å²) >= 11 is 0. The summed E-state index contributed by atoms with van der Waals surface area (Å²) in [5.74, 6) is -2.81. The lowest BCUT2D eigenvalue weighted by Gasteiger charge is -2.24. The number of carboxylic acids is 1. The molecule has 2 aliphatic rings. The molecule has 2 unspecified atom stereocenters. The maximum atomic E-state index is 13.8. The van der Waals surface area contributed by atoms with Gasteiger partial charge < -0.3 is 14.9 Å². The van der Waals surface area contributed by atoms with E-state index >= 15 is 0 Å². The number of hydrogen-bond donors (Lipinski definition) is 1. The molecule has 2 atom stereocenters. The number of aliphatic carboxylic acids is 1. The molecule has 0 aromatic heterocycles. The highest BCUT2D eigenvalue weighted by Crippen LogP contribution is 2.30. The minimum absolute atomic E-state index is 0.0179. The largest absolute Gasteiger partial charge is 0.480 e. The molecule has 1 aromatic carbocycles. The van der Waals surface area contributed by atoms with Crippen LogP contribution in [-0.2, 0) is 14.4 Å². The zero-order valence-corrected chi connectivity index (χ0v) is 12.4. The second-order valence-electron chi connectivity index (χ2n) is 5.88. The molecule has 0 saturated carbocycles. The van der Waals surface area contributed by atoms with Crippen molar-refractivity contribution in [1.29, 1.82) is 0 Å². The molecular weight excluding hydrogens is 303 g/mol. The lowest BCUT2D eigenvalue weighted by molar-refractivity contribution is -0.149. The molecular formula is C16H17FN2O4. The van der Waals surface area contributed by atoms with Gasteiger partial charge >= 0.3 is 5.97 Å². The molecule has 122 valence electrons. The van der Waals surface area contributed by atoms with Crippen LogP contribution in [0.5, 0.6) is 0 Å². The fourth-order valence-corrected chi connectivity index (χ4v) is 3.30. The average molecular weight is 320 g/mol. The van der Waals surface area contributed by atoms with Gasteiger partial charge in [0.25, 0.3) is 0 Å². The standard InChI is InChI=1S/C16H17FN2O4/c17-11-4-1-2-5-12(11)19-9-10(8-14(19)20)15(21)18-7-3-6-13(18)16(22)23/h1-2,4-5,10,13H,3,6-9H2,(H,22,23). The Labute approximate surface area is 132 Å². The van der Waals surface area contributed by atoms with Crippen LogP contribution in [-0.4, -0.2) is 46.9 Å². The maximum absolute atomic E-state index is 13.8. The van der Waals surface area contributed by atoms with Gasteiger partial charge in [-0.25, -0.2) is 9.18 Å². The van der Waals surface area contributed by atoms with Gasteiger partial charge in [0.15, 0.2) is 0 Å². The number of carboxylic acid groups (broad SMARTS) is 1. The fraction of sp³-hybridized carbons (Fsp3) is 0.438. The number of carbonyl (C=O) groups excluding carboxylic acids is 2. The van der Waals surface area contributed by atoms with Gasteiger partial charge in [0.2, 0.25) is 11.8 Å². The van der Waals surface area contributed by atoms with Crippen molar-refractivity contribution in [2.45, 2.75) is 25.3 Å². The van der Waals surface area contributed by atoms with Crippen molar-refractivity contribution in [2.24, 2.45) is 5.92 Å². The zero-order chi connectivity index (χ0) is 16.6. The SMILES string of the molecule is O=C(O)C1CCCN1C(=O)C1CC(=O)N(c2ccccc2F)C1. The second-order valence-corrected chi connectivity index (χ2v) is 5.88. The third-order valence-corrected chi connectivity index (χ3v) is 4.44. The smallest absolute Gasteiger partial charge is 0.326 e. The quantitative estimate of drug-likeness (QED) is 0.909. The summed E-state index contributed by atoms with van der Waals surface area (Å²) < 4.78 is 13.8. The molecule has 0 aliphatic carbocycles. The molecule has 2 saturated heterocycles. The van der Waals surface area contributed by atoms with Crippen molar-refractivity contribution in [2.75, 3.05) is 18.0 Å². The molecule has 0 bridgehead atoms. The summed E-state index contributed by atoms with van der Waals surface area (Å²) in [6.45, 7) is 0.474. The summed E-state index contributed by atoms with van der Waals surface area (Å²) in [5.41, 5.74) is 0.156. The van der Waals surface area contributed by atoms with Gasteiger partial charge in [-0.2, -0.15) is 0 Å². The Balaban J connectivity index is 1.76. The number of amides is 2. The van der Waals surface area contributed by atoms with Crippen LogP contribution in [0.15, 0.2) is 24.3 Å². The van der Waals surface area contributed by atoms with Crippen LogP contribution in [0.1, 0.15) is 19.3 Å². The van der Waals surface area contributed by atoms with Gasteiger partial charge in [-0.3, -0.25) is 9.59 Å². The van der Waals surface area contributed by atoms with E-state index in [1.807, 2.05) is 0 Å². The van der Waals surface area contributed by atoms with Crippen molar-refractivity contribution in [1.82, 2.24) is 4.90 Å². The average Bonchev–Trinajstić information content (AvgIpc) is 3.14. The molecule has 6 nitrogen and oxygen atoms in total. The second kappa shape index (κ2) is 5.98. The number of nitrogens with zero attached hydrogens (tertiary/aromatic N) is 2. The Morgan fingerprint density at radius 1 is 1.26 bits per heavy atom. The third-order valence-electron chi connectivity index (χ3n) is 4.44. The van der Waals surface area contributed by atoms with Crippen LogP contribution in [0, 0.1) is 11.7 Å². The molecule has 7 heteroatoms. The van der Waals surface area contributed by atoms with Crippen LogP contribution in [0.4, 0.5) is 10.1 Å². The predicted molar refractivity (Wildman–Crippen MR) is 79.2 cm³/mol. The number of anilines is 1. The van der Waals surface area contributed by atoms with E-state index in [0.29, 0.717) is 19.4 Å². The van der Waals surface area contributed by atoms with Gasteiger partial charge in [0.1, 0.15) is 11.9 Å². The lowest BCUT2D eigenvalue weighted by Crippen LogP contribution is -2.44. The zero-order valence-electron chi connectivity index (χ0n) is 12.4. The molecule has 2 amide bonds. The first-order valence-electron chi connectivity index (χ1n) is 7.57. The van der Waals surface area contributed by atoms with Gasteiger partial charge in [-0.05, 0) is 25.0 Å². The molecule has 23 heavy (non-hydrogen) atoms. The molecule has 1 N–H and O–H groups in total. The minimum atomic E-state index is -1.02. The molecule has 2 fully saturated rings. The molecule has 2 heterocycles. The molecule has 0 spiro atoms. The number of carbonyl (C=O) groups is 3. The Bertz CT molecular complexity index is 663. The Kier molecular flexibility index (Phi) is 4.02. The van der Waals surface area contributed by atoms with Gasteiger partial charge in [0.05, 0.1) is 11.6 Å². The van der Waals surface area contributed by atoms with Crippen molar-refractivity contribution < 1.29 is 23.9 Å². The van der Waals surface area contributed by atoms with Gasteiger partial charge in [0, 0.05) is 19.5 Å². The van der Waals surface area contributed by atoms with E-state index < -0.39 is 23.7 Å². The topological polar surface area (TPSA) is 77.9 Å². The number of hydrogen-bond acceptors (Lipinski definition) is 3. The van der Waals surface area contributed by atoms with E-state index in [-0.39, 0.29) is 30.5 Å². The van der Waals surface area contributed by atoms with Crippen molar-refractivity contribution in [3.8, 4) is 0 Å². The van der Waals surface area contributed by atoms with Crippen LogP contribution in [0.3, 0.4) is 0 Å². The first-order valence-corrected chi connectivity index (χ1v) is 7.57. The molecule has 0 radical (unpaired) electrons. The lowest BCUT2D eigenvalue weighted by atomic mass is 10.1. The van der Waals surface area contributed by atoms with Crippen LogP contribution >= 0.6 is 0 Å². The van der Waals surface area contributed by atoms with Gasteiger partial charge in [-0.1, -0.05) is 12.1 Å². The third kappa shape index (κ3) is 2.78. The summed E-state index contributed by atoms with van der Waals surface area (Å²) in [6, 6.07) is 5.10. The summed E-state index contributed by atoms with van der Waals surface area (Å²) in [4.78, 5) is 38.5. The van der Waals surface area contributed by atoms with E-state index in [2.05, 4.69) is 0 Å². The summed E-state index contributed by atoms with van der Waals surface area (Å²) in [7, 11) is 0. The number of halogens is 1. The monoisotopic (exact) mass is 320 g/mol. The van der Waals surface area contributed by atoms with Crippen LogP contribution in [0.2, 0.25) is 0 Å². The maximum Gasteiger partial charge on any atom is 0.326 e. The normalized spacial score (nSPS) is 24.3. The highest BCUT2D eigenvalue weighted by atomic mass is 19.1. The van der Waals surface area contributed by atoms with E-state index in [1.165, 1.54) is 28.0 Å². The summed E-state index contributed by atoms with van der Waals surface area (Å²) in [5, 5.41) is 9.17. The highest BCUT2D eigenvalue weighted by Gasteiger charge is 2.42. The van der Waals surface area contributed by atoms with E-state index in [0.717, 1.165) is 0 Å². The van der Waals surface area contributed by atoms with Crippen molar-refractivity contribution in [3.05, 3.63) is 30.1 Å². The number of para-hydroxylation sites is 1. The van der Waals surface area contributed by atoms with E-state index in [9.17, 15) is 23.9 Å².